The number of amides is 1. The van der Waals surface area contributed by atoms with E-state index >= 15 is 0 Å². The zero-order chi connectivity index (χ0) is 17.8. The summed E-state index contributed by atoms with van der Waals surface area (Å²) in [7, 11) is 0. The van der Waals surface area contributed by atoms with Gasteiger partial charge in [0.15, 0.2) is 5.69 Å². The number of aliphatic carboxylic acids is 1. The van der Waals surface area contributed by atoms with E-state index in [1.54, 1.807) is 6.20 Å². The van der Waals surface area contributed by atoms with E-state index in [0.717, 1.165) is 12.8 Å². The molecule has 1 fully saturated rings. The van der Waals surface area contributed by atoms with Crippen LogP contribution in [0.1, 0.15) is 23.3 Å². The summed E-state index contributed by atoms with van der Waals surface area (Å²) in [5.74, 6) is -1.93. The second-order valence-corrected chi connectivity index (χ2v) is 5.84. The predicted molar refractivity (Wildman–Crippen MR) is 86.0 cm³/mol. The lowest BCUT2D eigenvalue weighted by Crippen LogP contribution is -2.41. The first kappa shape index (κ1) is 17.1. The number of benzene rings is 1. The van der Waals surface area contributed by atoms with Gasteiger partial charge in [-0.1, -0.05) is 0 Å². The summed E-state index contributed by atoms with van der Waals surface area (Å²) in [6, 6.07) is 7.19. The minimum absolute atomic E-state index is 0.128. The molecule has 0 bridgehead atoms. The number of hydrogen-bond acceptors (Lipinski definition) is 4. The Balaban J connectivity index is 1.76. The molecule has 2 heterocycles. The summed E-state index contributed by atoms with van der Waals surface area (Å²) >= 11 is 0. The Kier molecular flexibility index (Phi) is 5.08. The van der Waals surface area contributed by atoms with Crippen LogP contribution >= 0.6 is 0 Å². The Hall–Kier alpha value is -2.74. The minimum atomic E-state index is -1.09. The summed E-state index contributed by atoms with van der Waals surface area (Å²) in [5, 5.41) is 13.2. The molecule has 132 valence electrons. The Morgan fingerprint density at radius 2 is 2.08 bits per heavy atom. The highest BCUT2D eigenvalue weighted by atomic mass is 19.1. The molecule has 0 spiro atoms. The van der Waals surface area contributed by atoms with Crippen LogP contribution in [-0.4, -0.2) is 57.5 Å². The molecule has 2 aromatic rings. The first-order chi connectivity index (χ1) is 12.0. The molecule has 7 nitrogen and oxygen atoms in total. The van der Waals surface area contributed by atoms with Gasteiger partial charge in [0, 0.05) is 19.3 Å². The molecule has 1 aromatic carbocycles. The van der Waals surface area contributed by atoms with E-state index in [2.05, 4.69) is 5.10 Å². The Bertz CT molecular complexity index is 754. The largest absolute Gasteiger partial charge is 0.480 e. The zero-order valence-electron chi connectivity index (χ0n) is 13.5. The molecule has 3 rings (SSSR count). The topological polar surface area (TPSA) is 84.7 Å². The third kappa shape index (κ3) is 4.21. The number of carboxylic acids is 1. The van der Waals surface area contributed by atoms with Crippen molar-refractivity contribution in [1.82, 2.24) is 14.7 Å². The standard InChI is InChI=1S/C17H18FN3O4/c18-12-3-5-13(6-4-12)21-8-7-15(19-21)17(24)20(11-16(22)23)10-14-2-1-9-25-14/h3-8,14H,1-2,9-11H2,(H,22,23)/t14-/m1/s1. The average Bonchev–Trinajstić information content (AvgIpc) is 3.25. The maximum Gasteiger partial charge on any atom is 0.323 e. The second kappa shape index (κ2) is 7.43. The molecule has 1 saturated heterocycles. The first-order valence-corrected chi connectivity index (χ1v) is 7.97. The molecule has 0 radical (unpaired) electrons. The maximum absolute atomic E-state index is 13.0. The van der Waals surface area contributed by atoms with Crippen LogP contribution in [0.3, 0.4) is 0 Å². The molecule has 8 heteroatoms. The van der Waals surface area contributed by atoms with Gasteiger partial charge in [0.05, 0.1) is 11.8 Å². The van der Waals surface area contributed by atoms with Crippen LogP contribution in [0, 0.1) is 5.82 Å². The Morgan fingerprint density at radius 3 is 2.72 bits per heavy atom. The van der Waals surface area contributed by atoms with Crippen molar-refractivity contribution in [2.75, 3.05) is 19.7 Å². The maximum atomic E-state index is 13.0. The van der Waals surface area contributed by atoms with Gasteiger partial charge in [-0.15, -0.1) is 0 Å². The second-order valence-electron chi connectivity index (χ2n) is 5.84. The summed E-state index contributed by atoms with van der Waals surface area (Å²) < 4.78 is 19.9. The van der Waals surface area contributed by atoms with Crippen molar-refractivity contribution in [3.8, 4) is 5.69 Å². The van der Waals surface area contributed by atoms with Gasteiger partial charge in [-0.3, -0.25) is 9.59 Å². The van der Waals surface area contributed by atoms with Crippen LogP contribution in [0.2, 0.25) is 0 Å². The van der Waals surface area contributed by atoms with Crippen molar-refractivity contribution in [2.24, 2.45) is 0 Å². The molecule has 0 saturated carbocycles. The highest BCUT2D eigenvalue weighted by Gasteiger charge is 2.26. The molecule has 0 unspecified atom stereocenters. The van der Waals surface area contributed by atoms with E-state index in [0.29, 0.717) is 12.3 Å². The van der Waals surface area contributed by atoms with Crippen LogP contribution in [0.4, 0.5) is 4.39 Å². The number of halogens is 1. The molecule has 1 N–H and O–H groups in total. The number of carboxylic acid groups (broad SMARTS) is 1. The quantitative estimate of drug-likeness (QED) is 0.860. The summed E-state index contributed by atoms with van der Waals surface area (Å²) in [5.41, 5.74) is 0.730. The smallest absolute Gasteiger partial charge is 0.323 e. The van der Waals surface area contributed by atoms with Crippen molar-refractivity contribution < 1.29 is 23.8 Å². The average molecular weight is 347 g/mol. The molecule has 1 aliphatic rings. The van der Waals surface area contributed by atoms with Crippen molar-refractivity contribution in [2.45, 2.75) is 18.9 Å². The van der Waals surface area contributed by atoms with Crippen LogP contribution in [0.25, 0.3) is 5.69 Å². The van der Waals surface area contributed by atoms with Crippen molar-refractivity contribution >= 4 is 11.9 Å². The van der Waals surface area contributed by atoms with Crippen molar-refractivity contribution in [3.63, 3.8) is 0 Å². The molecule has 25 heavy (non-hydrogen) atoms. The number of carbonyl (C=O) groups is 2. The third-order valence-corrected chi connectivity index (χ3v) is 3.96. The number of hydrogen-bond donors (Lipinski definition) is 1. The number of carbonyl (C=O) groups excluding carboxylic acids is 1. The lowest BCUT2D eigenvalue weighted by Gasteiger charge is -2.22. The van der Waals surface area contributed by atoms with E-state index in [1.165, 1.54) is 39.9 Å². The normalized spacial score (nSPS) is 16.8. The van der Waals surface area contributed by atoms with Gasteiger partial charge in [-0.2, -0.15) is 5.10 Å². The highest BCUT2D eigenvalue weighted by Crippen LogP contribution is 2.15. The van der Waals surface area contributed by atoms with Crippen molar-refractivity contribution in [1.29, 1.82) is 0 Å². The van der Waals surface area contributed by atoms with E-state index in [4.69, 9.17) is 9.84 Å². The number of ether oxygens (including phenoxy) is 1. The van der Waals surface area contributed by atoms with Crippen LogP contribution in [0.15, 0.2) is 36.5 Å². The van der Waals surface area contributed by atoms with Gasteiger partial charge in [0.25, 0.3) is 5.91 Å². The van der Waals surface area contributed by atoms with E-state index < -0.39 is 18.4 Å². The van der Waals surface area contributed by atoms with E-state index in [1.807, 2.05) is 0 Å². The zero-order valence-corrected chi connectivity index (χ0v) is 13.5. The molecule has 1 amide bonds. The van der Waals surface area contributed by atoms with Gasteiger partial charge >= 0.3 is 5.97 Å². The van der Waals surface area contributed by atoms with E-state index in [9.17, 15) is 14.0 Å². The first-order valence-electron chi connectivity index (χ1n) is 7.97. The molecule has 0 aliphatic carbocycles. The van der Waals surface area contributed by atoms with Gasteiger partial charge in [-0.25, -0.2) is 9.07 Å². The number of nitrogens with zero attached hydrogens (tertiary/aromatic N) is 3. The summed E-state index contributed by atoms with van der Waals surface area (Å²) in [6.07, 6.45) is 3.13. The molecule has 1 aliphatic heterocycles. The van der Waals surface area contributed by atoms with Gasteiger partial charge < -0.3 is 14.7 Å². The van der Waals surface area contributed by atoms with Crippen molar-refractivity contribution in [3.05, 3.63) is 48.0 Å². The van der Waals surface area contributed by atoms with Gasteiger partial charge in [0.2, 0.25) is 0 Å². The summed E-state index contributed by atoms with van der Waals surface area (Å²) in [6.45, 7) is 0.426. The lowest BCUT2D eigenvalue weighted by molar-refractivity contribution is -0.138. The summed E-state index contributed by atoms with van der Waals surface area (Å²) in [4.78, 5) is 25.0. The van der Waals surface area contributed by atoms with Crippen LogP contribution in [-0.2, 0) is 9.53 Å². The molecule has 1 atom stereocenters. The number of aromatic nitrogens is 2. The fourth-order valence-corrected chi connectivity index (χ4v) is 2.75. The molecular weight excluding hydrogens is 329 g/mol. The van der Waals surface area contributed by atoms with Crippen LogP contribution in [0.5, 0.6) is 0 Å². The molecule has 1 aromatic heterocycles. The van der Waals surface area contributed by atoms with E-state index in [-0.39, 0.29) is 24.2 Å². The Labute approximate surface area is 143 Å². The predicted octanol–water partition coefficient (Wildman–Crippen LogP) is 1.72. The van der Waals surface area contributed by atoms with Crippen LogP contribution < -0.4 is 0 Å². The number of rotatable bonds is 6. The monoisotopic (exact) mass is 347 g/mol. The van der Waals surface area contributed by atoms with Gasteiger partial charge in [-0.05, 0) is 43.2 Å². The SMILES string of the molecule is O=C(O)CN(C[C@H]1CCCO1)C(=O)c1ccn(-c2ccc(F)cc2)n1. The lowest BCUT2D eigenvalue weighted by atomic mass is 10.2. The minimum Gasteiger partial charge on any atom is -0.480 e. The fourth-order valence-electron chi connectivity index (χ4n) is 2.75. The fraction of sp³-hybridized carbons (Fsp3) is 0.353. The Morgan fingerprint density at radius 1 is 1.32 bits per heavy atom. The van der Waals surface area contributed by atoms with Gasteiger partial charge in [0.1, 0.15) is 12.4 Å². The highest BCUT2D eigenvalue weighted by molar-refractivity contribution is 5.94. The third-order valence-electron chi connectivity index (χ3n) is 3.96. The molecular formula is C17H18FN3O4.